The Morgan fingerprint density at radius 2 is 2.14 bits per heavy atom. The van der Waals surface area contributed by atoms with Crippen LogP contribution < -0.4 is 15.1 Å². The molecule has 0 bridgehead atoms. The first-order valence-electron chi connectivity index (χ1n) is 9.67. The van der Waals surface area contributed by atoms with E-state index < -0.39 is 0 Å². The van der Waals surface area contributed by atoms with E-state index >= 15 is 0 Å². The normalized spacial score (nSPS) is 13.2. The van der Waals surface area contributed by atoms with Crippen LogP contribution in [0.15, 0.2) is 60.9 Å². The molecular formula is C22H22ClN5O. The van der Waals surface area contributed by atoms with Crippen LogP contribution in [0.2, 0.25) is 5.02 Å². The van der Waals surface area contributed by atoms with E-state index in [9.17, 15) is 4.79 Å². The second kappa shape index (κ2) is 8.49. The van der Waals surface area contributed by atoms with Crippen LogP contribution >= 0.6 is 11.6 Å². The van der Waals surface area contributed by atoms with Gasteiger partial charge in [0, 0.05) is 36.4 Å². The van der Waals surface area contributed by atoms with Gasteiger partial charge in [0.15, 0.2) is 5.82 Å². The smallest absolute Gasteiger partial charge is 0.330 e. The molecule has 148 valence electrons. The van der Waals surface area contributed by atoms with Crippen molar-refractivity contribution in [1.29, 1.82) is 0 Å². The number of aromatic nitrogens is 2. The fourth-order valence-electron chi connectivity index (χ4n) is 3.44. The topological polar surface area (TPSA) is 61.4 Å². The zero-order valence-electron chi connectivity index (χ0n) is 16.2. The summed E-state index contributed by atoms with van der Waals surface area (Å²) in [6, 6.07) is 15.1. The van der Waals surface area contributed by atoms with E-state index in [2.05, 4.69) is 10.3 Å². The molecule has 7 heteroatoms. The summed E-state index contributed by atoms with van der Waals surface area (Å²) in [5.41, 5.74) is 3.31. The number of pyridine rings is 2. The van der Waals surface area contributed by atoms with E-state index in [0.29, 0.717) is 23.9 Å². The van der Waals surface area contributed by atoms with E-state index in [1.807, 2.05) is 55.5 Å². The van der Waals surface area contributed by atoms with Gasteiger partial charge < -0.3 is 5.32 Å². The molecule has 1 aromatic carbocycles. The molecule has 0 saturated carbocycles. The Balaban J connectivity index is 1.74. The van der Waals surface area contributed by atoms with Crippen molar-refractivity contribution >= 4 is 34.8 Å². The van der Waals surface area contributed by atoms with Gasteiger partial charge in [0.25, 0.3) is 0 Å². The number of halogens is 1. The number of benzene rings is 1. The molecule has 4 rings (SSSR count). The third kappa shape index (κ3) is 4.03. The zero-order valence-corrected chi connectivity index (χ0v) is 16.9. The van der Waals surface area contributed by atoms with Crippen LogP contribution in [0.4, 0.5) is 22.0 Å². The van der Waals surface area contributed by atoms with Gasteiger partial charge in [-0.25, -0.2) is 9.78 Å². The summed E-state index contributed by atoms with van der Waals surface area (Å²) in [4.78, 5) is 25.9. The Bertz CT molecular complexity index is 1010. The number of urea groups is 1. The number of fused-ring (bicyclic) bond motifs is 1. The number of carbonyl (C=O) groups excluding carboxylic acids is 1. The van der Waals surface area contributed by atoms with Crippen LogP contribution in [-0.2, 0) is 0 Å². The Labute approximate surface area is 175 Å². The number of hydrogen-bond acceptors (Lipinski definition) is 4. The van der Waals surface area contributed by atoms with Crippen LogP contribution in [0.25, 0.3) is 11.3 Å². The zero-order chi connectivity index (χ0) is 20.2. The second-order valence-corrected chi connectivity index (χ2v) is 7.18. The monoisotopic (exact) mass is 407 g/mol. The third-order valence-electron chi connectivity index (χ3n) is 4.86. The molecule has 6 nitrogen and oxygen atoms in total. The SMILES string of the molecule is CCN(C(=O)N1CCCNc2ccc(-c3cccc(Cl)c3)nc21)c1cccnc1. The lowest BCUT2D eigenvalue weighted by Gasteiger charge is -2.29. The van der Waals surface area contributed by atoms with Crippen molar-refractivity contribution in [3.63, 3.8) is 0 Å². The van der Waals surface area contributed by atoms with Crippen molar-refractivity contribution in [2.24, 2.45) is 0 Å². The van der Waals surface area contributed by atoms with Crippen molar-refractivity contribution in [1.82, 2.24) is 9.97 Å². The van der Waals surface area contributed by atoms with Gasteiger partial charge in [0.2, 0.25) is 0 Å². The Hall–Kier alpha value is -3.12. The van der Waals surface area contributed by atoms with Gasteiger partial charge in [-0.15, -0.1) is 0 Å². The molecule has 0 spiro atoms. The van der Waals surface area contributed by atoms with Gasteiger partial charge in [-0.1, -0.05) is 23.7 Å². The molecule has 0 aliphatic carbocycles. The average molecular weight is 408 g/mol. The number of rotatable bonds is 3. The first-order chi connectivity index (χ1) is 14.2. The molecule has 2 aromatic heterocycles. The predicted octanol–water partition coefficient (Wildman–Crippen LogP) is 5.07. The van der Waals surface area contributed by atoms with Crippen molar-refractivity contribution < 1.29 is 4.79 Å². The molecule has 0 atom stereocenters. The lowest BCUT2D eigenvalue weighted by molar-refractivity contribution is 0.251. The molecular weight excluding hydrogens is 386 g/mol. The van der Waals surface area contributed by atoms with E-state index in [0.717, 1.165) is 35.6 Å². The van der Waals surface area contributed by atoms with Crippen molar-refractivity contribution in [2.75, 3.05) is 34.8 Å². The lowest BCUT2D eigenvalue weighted by Crippen LogP contribution is -2.44. The number of amides is 2. The number of carbonyl (C=O) groups is 1. The predicted molar refractivity (Wildman–Crippen MR) is 118 cm³/mol. The molecule has 3 aromatic rings. The number of hydrogen-bond donors (Lipinski definition) is 1. The number of anilines is 3. The van der Waals surface area contributed by atoms with Gasteiger partial charge in [-0.05, 0) is 49.7 Å². The average Bonchev–Trinajstić information content (AvgIpc) is 2.97. The van der Waals surface area contributed by atoms with Crippen LogP contribution in [0, 0.1) is 0 Å². The summed E-state index contributed by atoms with van der Waals surface area (Å²) in [6.45, 7) is 3.87. The number of nitrogens with one attached hydrogen (secondary N) is 1. The van der Waals surface area contributed by atoms with Crippen LogP contribution in [0.3, 0.4) is 0 Å². The first kappa shape index (κ1) is 19.2. The summed E-state index contributed by atoms with van der Waals surface area (Å²) in [5.74, 6) is 0.632. The molecule has 2 amide bonds. The summed E-state index contributed by atoms with van der Waals surface area (Å²) in [5, 5.41) is 4.04. The molecule has 1 N–H and O–H groups in total. The van der Waals surface area contributed by atoms with E-state index in [1.165, 1.54) is 0 Å². The highest BCUT2D eigenvalue weighted by atomic mass is 35.5. The third-order valence-corrected chi connectivity index (χ3v) is 5.10. The minimum Gasteiger partial charge on any atom is -0.382 e. The summed E-state index contributed by atoms with van der Waals surface area (Å²) >= 11 is 6.15. The summed E-state index contributed by atoms with van der Waals surface area (Å²) in [7, 11) is 0. The minimum absolute atomic E-state index is 0.110. The fourth-order valence-corrected chi connectivity index (χ4v) is 3.63. The standard InChI is InChI=1S/C22H22ClN5O/c1-2-27(18-8-4-11-24-15-18)22(29)28-13-5-12-25-20-10-9-19(26-21(20)28)16-6-3-7-17(23)14-16/h3-4,6-11,14-15,25H,2,5,12-13H2,1H3. The van der Waals surface area contributed by atoms with Gasteiger partial charge in [0.1, 0.15) is 0 Å². The second-order valence-electron chi connectivity index (χ2n) is 6.75. The number of nitrogens with zero attached hydrogens (tertiary/aromatic N) is 4. The maximum atomic E-state index is 13.5. The summed E-state index contributed by atoms with van der Waals surface area (Å²) in [6.07, 6.45) is 4.24. The fraction of sp³-hybridized carbons (Fsp3) is 0.227. The van der Waals surface area contributed by atoms with E-state index in [4.69, 9.17) is 16.6 Å². The molecule has 0 fully saturated rings. The molecule has 0 radical (unpaired) electrons. The molecule has 3 heterocycles. The quantitative estimate of drug-likeness (QED) is 0.658. The van der Waals surface area contributed by atoms with Crippen LogP contribution in [0.1, 0.15) is 13.3 Å². The van der Waals surface area contributed by atoms with E-state index in [1.54, 1.807) is 22.2 Å². The van der Waals surface area contributed by atoms with Gasteiger partial charge in [0.05, 0.1) is 23.3 Å². The minimum atomic E-state index is -0.110. The van der Waals surface area contributed by atoms with Crippen LogP contribution in [-0.4, -0.2) is 35.6 Å². The van der Waals surface area contributed by atoms with Gasteiger partial charge in [-0.2, -0.15) is 0 Å². The molecule has 1 aliphatic heterocycles. The first-order valence-corrected chi connectivity index (χ1v) is 10.0. The lowest BCUT2D eigenvalue weighted by atomic mass is 10.1. The summed E-state index contributed by atoms with van der Waals surface area (Å²) < 4.78 is 0. The van der Waals surface area contributed by atoms with Gasteiger partial charge >= 0.3 is 6.03 Å². The van der Waals surface area contributed by atoms with Crippen LogP contribution in [0.5, 0.6) is 0 Å². The largest absolute Gasteiger partial charge is 0.382 e. The highest BCUT2D eigenvalue weighted by Crippen LogP contribution is 2.32. The maximum absolute atomic E-state index is 13.5. The van der Waals surface area contributed by atoms with Crippen molar-refractivity contribution in [3.8, 4) is 11.3 Å². The Kier molecular flexibility index (Phi) is 5.62. The van der Waals surface area contributed by atoms with Crippen molar-refractivity contribution in [2.45, 2.75) is 13.3 Å². The molecule has 0 unspecified atom stereocenters. The highest BCUT2D eigenvalue weighted by molar-refractivity contribution is 6.30. The van der Waals surface area contributed by atoms with E-state index in [-0.39, 0.29) is 6.03 Å². The highest BCUT2D eigenvalue weighted by Gasteiger charge is 2.27. The molecule has 1 aliphatic rings. The van der Waals surface area contributed by atoms with Crippen molar-refractivity contribution in [3.05, 3.63) is 65.9 Å². The Morgan fingerprint density at radius 1 is 1.24 bits per heavy atom. The molecule has 29 heavy (non-hydrogen) atoms. The Morgan fingerprint density at radius 3 is 2.90 bits per heavy atom. The van der Waals surface area contributed by atoms with Gasteiger partial charge in [-0.3, -0.25) is 14.8 Å². The molecule has 0 saturated heterocycles. The maximum Gasteiger partial charge on any atom is 0.330 e.